The van der Waals surface area contributed by atoms with Crippen LogP contribution in [0.25, 0.3) is 21.6 Å². The lowest BCUT2D eigenvalue weighted by Crippen LogP contribution is -2.14. The molecular formula is C15H16N6OS. The van der Waals surface area contributed by atoms with Gasteiger partial charge in [0.15, 0.2) is 5.82 Å². The van der Waals surface area contributed by atoms with Crippen molar-refractivity contribution in [2.24, 2.45) is 11.5 Å². The third-order valence-electron chi connectivity index (χ3n) is 3.39. The van der Waals surface area contributed by atoms with Gasteiger partial charge in [0.2, 0.25) is 0 Å². The molecule has 3 rings (SSSR count). The zero-order chi connectivity index (χ0) is 16.4. The zero-order valence-corrected chi connectivity index (χ0v) is 13.4. The Hall–Kier alpha value is -2.58. The van der Waals surface area contributed by atoms with E-state index < -0.39 is 5.91 Å². The van der Waals surface area contributed by atoms with Gasteiger partial charge in [0.05, 0.1) is 10.3 Å². The molecule has 0 saturated heterocycles. The van der Waals surface area contributed by atoms with Crippen LogP contribution in [0.1, 0.15) is 15.2 Å². The fourth-order valence-corrected chi connectivity index (χ4v) is 3.36. The largest absolute Gasteiger partial charge is 0.368 e. The molecule has 0 aliphatic rings. The molecule has 1 amide bonds. The average Bonchev–Trinajstić information content (AvgIpc) is 2.90. The molecule has 0 aliphatic heterocycles. The van der Waals surface area contributed by atoms with Crippen molar-refractivity contribution in [2.45, 2.75) is 6.92 Å². The molecule has 3 aromatic rings. The SMILES string of the molecule is Cc1c(C(N)=O)sc2nc(-c3ccncc3)nc(NCCN)c12. The molecule has 7 nitrogen and oxygen atoms in total. The number of aryl methyl sites for hydroxylation is 1. The Balaban J connectivity index is 2.23. The lowest BCUT2D eigenvalue weighted by atomic mass is 10.2. The molecule has 0 spiro atoms. The first-order chi connectivity index (χ1) is 11.1. The molecule has 0 unspecified atom stereocenters. The molecule has 0 aromatic carbocycles. The van der Waals surface area contributed by atoms with E-state index in [1.54, 1.807) is 12.4 Å². The Kier molecular flexibility index (Phi) is 4.18. The van der Waals surface area contributed by atoms with Crippen molar-refractivity contribution in [2.75, 3.05) is 18.4 Å². The summed E-state index contributed by atoms with van der Waals surface area (Å²) in [7, 11) is 0. The fourth-order valence-electron chi connectivity index (χ4n) is 2.32. The minimum absolute atomic E-state index is 0.458. The number of amides is 1. The lowest BCUT2D eigenvalue weighted by molar-refractivity contribution is 0.100. The minimum Gasteiger partial charge on any atom is -0.368 e. The maximum atomic E-state index is 11.6. The van der Waals surface area contributed by atoms with Crippen molar-refractivity contribution in [3.63, 3.8) is 0 Å². The van der Waals surface area contributed by atoms with E-state index in [4.69, 9.17) is 11.5 Å². The molecule has 0 radical (unpaired) electrons. The van der Waals surface area contributed by atoms with Gasteiger partial charge < -0.3 is 16.8 Å². The molecular weight excluding hydrogens is 312 g/mol. The maximum Gasteiger partial charge on any atom is 0.259 e. The second-order valence-electron chi connectivity index (χ2n) is 4.95. The van der Waals surface area contributed by atoms with Crippen molar-refractivity contribution >= 4 is 33.3 Å². The van der Waals surface area contributed by atoms with Crippen LogP contribution in [0, 0.1) is 6.92 Å². The predicted octanol–water partition coefficient (Wildman–Crippen LogP) is 1.53. The number of nitrogens with one attached hydrogen (secondary N) is 1. The van der Waals surface area contributed by atoms with E-state index in [-0.39, 0.29) is 0 Å². The number of carbonyl (C=O) groups excluding carboxylic acids is 1. The Labute approximate surface area is 136 Å². The summed E-state index contributed by atoms with van der Waals surface area (Å²) in [5, 5.41) is 4.02. The van der Waals surface area contributed by atoms with Gasteiger partial charge in [-0.15, -0.1) is 11.3 Å². The first-order valence-corrected chi connectivity index (χ1v) is 7.88. The summed E-state index contributed by atoms with van der Waals surface area (Å²) >= 11 is 1.28. The number of rotatable bonds is 5. The number of hydrogen-bond acceptors (Lipinski definition) is 7. The smallest absolute Gasteiger partial charge is 0.259 e. The molecule has 0 fully saturated rings. The number of nitrogens with two attached hydrogens (primary N) is 2. The zero-order valence-electron chi connectivity index (χ0n) is 12.5. The molecule has 0 bridgehead atoms. The highest BCUT2D eigenvalue weighted by atomic mass is 32.1. The second-order valence-corrected chi connectivity index (χ2v) is 5.95. The second kappa shape index (κ2) is 6.27. The summed E-state index contributed by atoms with van der Waals surface area (Å²) < 4.78 is 0. The molecule has 0 saturated carbocycles. The standard InChI is InChI=1S/C15H16N6OS/c1-8-10-14(19-7-4-16)20-13(9-2-5-18-6-3-9)21-15(10)23-11(8)12(17)22/h2-3,5-6H,4,7,16H2,1H3,(H2,17,22)(H,19,20,21). The topological polar surface area (TPSA) is 120 Å². The van der Waals surface area contributed by atoms with Gasteiger partial charge in [-0.25, -0.2) is 9.97 Å². The van der Waals surface area contributed by atoms with Crippen LogP contribution in [-0.4, -0.2) is 33.9 Å². The van der Waals surface area contributed by atoms with E-state index in [0.717, 1.165) is 21.3 Å². The third kappa shape index (κ3) is 2.86. The van der Waals surface area contributed by atoms with Gasteiger partial charge in [-0.1, -0.05) is 0 Å². The fraction of sp³-hybridized carbons (Fsp3) is 0.200. The monoisotopic (exact) mass is 328 g/mol. The van der Waals surface area contributed by atoms with Gasteiger partial charge in [0.1, 0.15) is 10.6 Å². The molecule has 0 atom stereocenters. The lowest BCUT2D eigenvalue weighted by Gasteiger charge is -2.08. The first kappa shape index (κ1) is 15.3. The molecule has 8 heteroatoms. The third-order valence-corrected chi connectivity index (χ3v) is 4.59. The predicted molar refractivity (Wildman–Crippen MR) is 91.4 cm³/mol. The number of anilines is 1. The molecule has 3 heterocycles. The van der Waals surface area contributed by atoms with Gasteiger partial charge in [0.25, 0.3) is 5.91 Å². The number of primary amides is 1. The van der Waals surface area contributed by atoms with Crippen LogP contribution in [0.2, 0.25) is 0 Å². The van der Waals surface area contributed by atoms with Crippen molar-refractivity contribution in [3.8, 4) is 11.4 Å². The summed E-state index contributed by atoms with van der Waals surface area (Å²) in [5.74, 6) is 0.769. The van der Waals surface area contributed by atoms with E-state index in [2.05, 4.69) is 20.3 Å². The maximum absolute atomic E-state index is 11.6. The van der Waals surface area contributed by atoms with Crippen molar-refractivity contribution in [3.05, 3.63) is 35.0 Å². The van der Waals surface area contributed by atoms with Crippen molar-refractivity contribution < 1.29 is 4.79 Å². The number of hydrogen-bond donors (Lipinski definition) is 3. The van der Waals surface area contributed by atoms with Crippen LogP contribution in [0.3, 0.4) is 0 Å². The molecule has 5 N–H and O–H groups in total. The summed E-state index contributed by atoms with van der Waals surface area (Å²) in [4.78, 5) is 26.0. The van der Waals surface area contributed by atoms with E-state index >= 15 is 0 Å². The normalized spacial score (nSPS) is 10.9. The number of pyridine rings is 1. The average molecular weight is 328 g/mol. The number of aromatic nitrogens is 3. The van der Waals surface area contributed by atoms with Crippen molar-refractivity contribution in [1.82, 2.24) is 15.0 Å². The first-order valence-electron chi connectivity index (χ1n) is 7.07. The van der Waals surface area contributed by atoms with Crippen LogP contribution in [0.5, 0.6) is 0 Å². The summed E-state index contributed by atoms with van der Waals surface area (Å²) in [5.41, 5.74) is 12.7. The van der Waals surface area contributed by atoms with Crippen molar-refractivity contribution in [1.29, 1.82) is 0 Å². The van der Waals surface area contributed by atoms with Gasteiger partial charge in [-0.05, 0) is 24.6 Å². The number of nitrogens with zero attached hydrogens (tertiary/aromatic N) is 3. The molecule has 118 valence electrons. The Morgan fingerprint density at radius 2 is 2.04 bits per heavy atom. The Morgan fingerprint density at radius 1 is 1.30 bits per heavy atom. The summed E-state index contributed by atoms with van der Waals surface area (Å²) in [6.07, 6.45) is 3.37. The van der Waals surface area contributed by atoms with Gasteiger partial charge in [-0.2, -0.15) is 0 Å². The Morgan fingerprint density at radius 3 is 2.70 bits per heavy atom. The number of fused-ring (bicyclic) bond motifs is 1. The number of carbonyl (C=O) groups is 1. The van der Waals surface area contributed by atoms with E-state index in [1.807, 2.05) is 19.1 Å². The Bertz CT molecular complexity index is 861. The van der Waals surface area contributed by atoms with Crippen LogP contribution in [0.4, 0.5) is 5.82 Å². The molecule has 3 aromatic heterocycles. The quantitative estimate of drug-likeness (QED) is 0.653. The van der Waals surface area contributed by atoms with E-state index in [1.165, 1.54) is 11.3 Å². The van der Waals surface area contributed by atoms with Gasteiger partial charge in [0, 0.05) is 31.0 Å². The highest BCUT2D eigenvalue weighted by Crippen LogP contribution is 2.35. The molecule has 23 heavy (non-hydrogen) atoms. The van der Waals surface area contributed by atoms with Crippen LogP contribution in [0.15, 0.2) is 24.5 Å². The minimum atomic E-state index is -0.458. The van der Waals surface area contributed by atoms with Crippen LogP contribution in [-0.2, 0) is 0 Å². The van der Waals surface area contributed by atoms with Gasteiger partial charge >= 0.3 is 0 Å². The molecule has 0 aliphatic carbocycles. The van der Waals surface area contributed by atoms with Gasteiger partial charge in [-0.3, -0.25) is 9.78 Å². The highest BCUT2D eigenvalue weighted by molar-refractivity contribution is 7.20. The van der Waals surface area contributed by atoms with Crippen LogP contribution >= 0.6 is 11.3 Å². The highest BCUT2D eigenvalue weighted by Gasteiger charge is 2.19. The summed E-state index contributed by atoms with van der Waals surface area (Å²) in [6, 6.07) is 3.67. The number of thiophene rings is 1. The van der Waals surface area contributed by atoms with Crippen LogP contribution < -0.4 is 16.8 Å². The van der Waals surface area contributed by atoms with E-state index in [9.17, 15) is 4.79 Å². The van der Waals surface area contributed by atoms with E-state index in [0.29, 0.717) is 29.6 Å². The summed E-state index contributed by atoms with van der Waals surface area (Å²) in [6.45, 7) is 2.90.